The Labute approximate surface area is 133 Å². The summed E-state index contributed by atoms with van der Waals surface area (Å²) in [5.74, 6) is 0.0313. The van der Waals surface area contributed by atoms with Gasteiger partial charge in [0.2, 0.25) is 0 Å². The van der Waals surface area contributed by atoms with Gasteiger partial charge in [0.05, 0.1) is 7.11 Å². The highest BCUT2D eigenvalue weighted by atomic mass is 16.6. The lowest BCUT2D eigenvalue weighted by molar-refractivity contribution is -0.144. The van der Waals surface area contributed by atoms with Crippen LogP contribution in [0.2, 0.25) is 0 Å². The van der Waals surface area contributed by atoms with Crippen LogP contribution in [0, 0.1) is 11.8 Å². The van der Waals surface area contributed by atoms with E-state index in [2.05, 4.69) is 19.2 Å². The van der Waals surface area contributed by atoms with Gasteiger partial charge in [-0.1, -0.05) is 13.8 Å². The van der Waals surface area contributed by atoms with Gasteiger partial charge in [-0.15, -0.1) is 0 Å². The maximum Gasteiger partial charge on any atom is 0.408 e. The normalized spacial score (nSPS) is 25.5. The van der Waals surface area contributed by atoms with Crippen LogP contribution in [0.3, 0.4) is 0 Å². The number of hydrogen-bond acceptors (Lipinski definition) is 5. The SMILES string of the molecule is COC(=O)C1(NC(=O)OC(C)(C)C)C[C@H]1CCC(N)C(C)C. The second-order valence-electron chi connectivity index (χ2n) is 7.48. The van der Waals surface area contributed by atoms with E-state index in [0.29, 0.717) is 12.3 Å². The first kappa shape index (κ1) is 18.7. The average Bonchev–Trinajstić information content (AvgIpc) is 3.06. The molecule has 0 saturated heterocycles. The number of carbonyl (C=O) groups excluding carboxylic acids is 2. The van der Waals surface area contributed by atoms with Crippen LogP contribution in [0.4, 0.5) is 4.79 Å². The third kappa shape index (κ3) is 4.87. The molecule has 0 heterocycles. The molecule has 0 aromatic rings. The number of ether oxygens (including phenoxy) is 2. The zero-order valence-electron chi connectivity index (χ0n) is 14.6. The van der Waals surface area contributed by atoms with Gasteiger partial charge in [0.15, 0.2) is 0 Å². The monoisotopic (exact) mass is 314 g/mol. The van der Waals surface area contributed by atoms with E-state index < -0.39 is 23.2 Å². The molecule has 128 valence electrons. The van der Waals surface area contributed by atoms with E-state index in [1.807, 2.05) is 0 Å². The number of alkyl carbamates (subject to hydrolysis) is 1. The Morgan fingerprint density at radius 1 is 1.36 bits per heavy atom. The predicted molar refractivity (Wildman–Crippen MR) is 84.3 cm³/mol. The van der Waals surface area contributed by atoms with Crippen molar-refractivity contribution >= 4 is 12.1 Å². The summed E-state index contributed by atoms with van der Waals surface area (Å²) in [5.41, 5.74) is 4.49. The van der Waals surface area contributed by atoms with Crippen molar-refractivity contribution in [1.29, 1.82) is 0 Å². The third-order valence-corrected chi connectivity index (χ3v) is 4.08. The summed E-state index contributed by atoms with van der Waals surface area (Å²) >= 11 is 0. The summed E-state index contributed by atoms with van der Waals surface area (Å²) in [6.45, 7) is 9.49. The zero-order valence-corrected chi connectivity index (χ0v) is 14.6. The molecule has 0 aromatic heterocycles. The Bertz CT molecular complexity index is 417. The number of carbonyl (C=O) groups is 2. The molecule has 1 saturated carbocycles. The molecular weight excluding hydrogens is 284 g/mol. The zero-order chi connectivity index (χ0) is 17.1. The maximum absolute atomic E-state index is 12.1. The fraction of sp³-hybridized carbons (Fsp3) is 0.875. The van der Waals surface area contributed by atoms with Gasteiger partial charge in [-0.3, -0.25) is 0 Å². The van der Waals surface area contributed by atoms with Crippen molar-refractivity contribution in [2.75, 3.05) is 7.11 Å². The molecule has 0 bridgehead atoms. The van der Waals surface area contributed by atoms with Crippen LogP contribution in [-0.4, -0.2) is 36.4 Å². The Balaban J connectivity index is 2.64. The average molecular weight is 314 g/mol. The lowest BCUT2D eigenvalue weighted by Gasteiger charge is -2.23. The first-order valence-corrected chi connectivity index (χ1v) is 7.87. The van der Waals surface area contributed by atoms with Gasteiger partial charge in [0, 0.05) is 6.04 Å². The van der Waals surface area contributed by atoms with E-state index >= 15 is 0 Å². The lowest BCUT2D eigenvalue weighted by Crippen LogP contribution is -2.47. The molecule has 3 N–H and O–H groups in total. The number of esters is 1. The minimum absolute atomic E-state index is 0.0530. The first-order chi connectivity index (χ1) is 10.0. The number of hydrogen-bond donors (Lipinski definition) is 2. The molecule has 6 nitrogen and oxygen atoms in total. The molecular formula is C16H30N2O4. The fourth-order valence-electron chi connectivity index (χ4n) is 2.53. The largest absolute Gasteiger partial charge is 0.467 e. The summed E-state index contributed by atoms with van der Waals surface area (Å²) in [7, 11) is 1.33. The molecule has 1 aliphatic rings. The molecule has 0 spiro atoms. The third-order valence-electron chi connectivity index (χ3n) is 4.08. The molecule has 1 fully saturated rings. The Hall–Kier alpha value is -1.30. The van der Waals surface area contributed by atoms with Gasteiger partial charge in [-0.05, 0) is 51.9 Å². The van der Waals surface area contributed by atoms with Crippen LogP contribution < -0.4 is 11.1 Å². The second kappa shape index (κ2) is 6.86. The molecule has 22 heavy (non-hydrogen) atoms. The van der Waals surface area contributed by atoms with Gasteiger partial charge in [-0.25, -0.2) is 9.59 Å². The predicted octanol–water partition coefficient (Wildman–Crippen LogP) is 2.21. The molecule has 0 aromatic carbocycles. The summed E-state index contributed by atoms with van der Waals surface area (Å²) in [6, 6.07) is 0.0949. The highest BCUT2D eigenvalue weighted by Crippen LogP contribution is 2.48. The van der Waals surface area contributed by atoms with Crippen molar-refractivity contribution < 1.29 is 19.1 Å². The van der Waals surface area contributed by atoms with Crippen molar-refractivity contribution in [3.05, 3.63) is 0 Å². The van der Waals surface area contributed by atoms with Gasteiger partial charge in [0.25, 0.3) is 0 Å². The first-order valence-electron chi connectivity index (χ1n) is 7.87. The topological polar surface area (TPSA) is 90.6 Å². The van der Waals surface area contributed by atoms with Crippen molar-refractivity contribution in [2.45, 2.75) is 71.1 Å². The fourth-order valence-corrected chi connectivity index (χ4v) is 2.53. The second-order valence-corrected chi connectivity index (χ2v) is 7.48. The standard InChI is InChI=1S/C16H30N2O4/c1-10(2)12(17)8-7-11-9-16(11,13(19)21-6)18-14(20)22-15(3,4)5/h10-12H,7-9,17H2,1-6H3,(H,18,20)/t11-,12?,16?/m1/s1. The van der Waals surface area contributed by atoms with Gasteiger partial charge in [0.1, 0.15) is 11.1 Å². The van der Waals surface area contributed by atoms with Crippen LogP contribution in [0.5, 0.6) is 0 Å². The summed E-state index contributed by atoms with van der Waals surface area (Å²) < 4.78 is 10.1. The number of rotatable bonds is 6. The van der Waals surface area contributed by atoms with Crippen LogP contribution >= 0.6 is 0 Å². The van der Waals surface area contributed by atoms with E-state index in [-0.39, 0.29) is 12.0 Å². The molecule has 3 atom stereocenters. The van der Waals surface area contributed by atoms with Crippen molar-refractivity contribution in [1.82, 2.24) is 5.32 Å². The quantitative estimate of drug-likeness (QED) is 0.734. The Kier molecular flexibility index (Phi) is 5.84. The molecule has 1 amide bonds. The molecule has 2 unspecified atom stereocenters. The summed E-state index contributed by atoms with van der Waals surface area (Å²) in [4.78, 5) is 24.0. The molecule has 0 aliphatic heterocycles. The van der Waals surface area contributed by atoms with Crippen LogP contribution in [-0.2, 0) is 14.3 Å². The van der Waals surface area contributed by atoms with E-state index in [1.165, 1.54) is 7.11 Å². The molecule has 1 rings (SSSR count). The minimum Gasteiger partial charge on any atom is -0.467 e. The van der Waals surface area contributed by atoms with Gasteiger partial charge >= 0.3 is 12.1 Å². The van der Waals surface area contributed by atoms with Crippen molar-refractivity contribution in [3.63, 3.8) is 0 Å². The summed E-state index contributed by atoms with van der Waals surface area (Å²) in [5, 5.41) is 2.70. The smallest absolute Gasteiger partial charge is 0.408 e. The molecule has 6 heteroatoms. The highest BCUT2D eigenvalue weighted by Gasteiger charge is 2.62. The number of nitrogens with one attached hydrogen (secondary N) is 1. The van der Waals surface area contributed by atoms with E-state index in [0.717, 1.165) is 12.8 Å². The van der Waals surface area contributed by atoms with Gasteiger partial charge in [-0.2, -0.15) is 0 Å². The molecule has 0 radical (unpaired) electrons. The van der Waals surface area contributed by atoms with E-state index in [9.17, 15) is 9.59 Å². The number of nitrogens with two attached hydrogens (primary N) is 1. The Morgan fingerprint density at radius 2 is 1.95 bits per heavy atom. The summed E-state index contributed by atoms with van der Waals surface area (Å²) in [6.07, 6.45) is 1.58. The Morgan fingerprint density at radius 3 is 2.41 bits per heavy atom. The minimum atomic E-state index is -0.951. The van der Waals surface area contributed by atoms with E-state index in [4.69, 9.17) is 15.2 Å². The van der Waals surface area contributed by atoms with Crippen LogP contribution in [0.25, 0.3) is 0 Å². The number of methoxy groups -OCH3 is 1. The van der Waals surface area contributed by atoms with Crippen LogP contribution in [0.15, 0.2) is 0 Å². The highest BCUT2D eigenvalue weighted by molar-refractivity contribution is 5.89. The van der Waals surface area contributed by atoms with Gasteiger partial charge < -0.3 is 20.5 Å². The lowest BCUT2D eigenvalue weighted by atomic mass is 9.98. The van der Waals surface area contributed by atoms with E-state index in [1.54, 1.807) is 20.8 Å². The van der Waals surface area contributed by atoms with Crippen molar-refractivity contribution in [2.24, 2.45) is 17.6 Å². The maximum atomic E-state index is 12.1. The van der Waals surface area contributed by atoms with Crippen molar-refractivity contribution in [3.8, 4) is 0 Å². The molecule has 1 aliphatic carbocycles. The number of amides is 1. The van der Waals surface area contributed by atoms with Crippen LogP contribution in [0.1, 0.15) is 53.9 Å².